The molecule has 0 saturated carbocycles. The minimum absolute atomic E-state index is 0.0912. The average Bonchev–Trinajstić information content (AvgIpc) is 2.16. The van der Waals surface area contributed by atoms with Gasteiger partial charge in [-0.2, -0.15) is 0 Å². The quantitative estimate of drug-likeness (QED) is 0.681. The first kappa shape index (κ1) is 9.86. The second-order valence-corrected chi connectivity index (χ2v) is 3.84. The molecule has 1 fully saturated rings. The van der Waals surface area contributed by atoms with Gasteiger partial charge in [-0.05, 0) is 38.1 Å². The zero-order valence-electron chi connectivity index (χ0n) is 7.43. The van der Waals surface area contributed by atoms with Crippen molar-refractivity contribution in [3.63, 3.8) is 0 Å². The molecule has 1 amide bonds. The third-order valence-corrected chi connectivity index (χ3v) is 2.69. The van der Waals surface area contributed by atoms with Gasteiger partial charge in [0.2, 0.25) is 0 Å². The minimum atomic E-state index is 0.0912. The van der Waals surface area contributed by atoms with Gasteiger partial charge < -0.3 is 10.6 Å². The van der Waals surface area contributed by atoms with Crippen molar-refractivity contribution in [2.75, 3.05) is 25.9 Å². The van der Waals surface area contributed by atoms with Crippen molar-refractivity contribution in [2.24, 2.45) is 5.92 Å². The van der Waals surface area contributed by atoms with Crippen LogP contribution in [-0.2, 0) is 0 Å². The number of piperidine rings is 1. The van der Waals surface area contributed by atoms with E-state index >= 15 is 0 Å². The predicted molar refractivity (Wildman–Crippen MR) is 52.5 cm³/mol. The van der Waals surface area contributed by atoms with E-state index in [1.165, 1.54) is 24.6 Å². The molecule has 1 heterocycles. The summed E-state index contributed by atoms with van der Waals surface area (Å²) in [5, 5.41) is 6.29. The smallest absolute Gasteiger partial charge is 0.278 e. The Labute approximate surface area is 77.7 Å². The van der Waals surface area contributed by atoms with Crippen LogP contribution in [0.25, 0.3) is 0 Å². The second kappa shape index (κ2) is 5.43. The van der Waals surface area contributed by atoms with E-state index in [4.69, 9.17) is 0 Å². The molecule has 0 radical (unpaired) electrons. The molecule has 12 heavy (non-hydrogen) atoms. The van der Waals surface area contributed by atoms with Crippen molar-refractivity contribution >= 4 is 17.0 Å². The summed E-state index contributed by atoms with van der Waals surface area (Å²) in [5.41, 5.74) is 0. The maximum absolute atomic E-state index is 10.9. The lowest BCUT2D eigenvalue weighted by molar-refractivity contribution is 0.256. The van der Waals surface area contributed by atoms with E-state index < -0.39 is 0 Å². The summed E-state index contributed by atoms with van der Waals surface area (Å²) in [6.07, 6.45) is 4.18. The fraction of sp³-hybridized carbons (Fsp3) is 0.875. The van der Waals surface area contributed by atoms with E-state index in [0.717, 1.165) is 19.6 Å². The Balaban J connectivity index is 2.09. The average molecular weight is 188 g/mol. The summed E-state index contributed by atoms with van der Waals surface area (Å²) in [6.45, 7) is 3.04. The highest BCUT2D eigenvalue weighted by Crippen LogP contribution is 2.10. The van der Waals surface area contributed by atoms with E-state index in [0.29, 0.717) is 5.92 Å². The minimum Gasteiger partial charge on any atom is -0.347 e. The van der Waals surface area contributed by atoms with Gasteiger partial charge in [-0.3, -0.25) is 4.79 Å². The molecule has 1 aliphatic heterocycles. The van der Waals surface area contributed by atoms with Gasteiger partial charge in [-0.25, -0.2) is 0 Å². The summed E-state index contributed by atoms with van der Waals surface area (Å²) in [4.78, 5) is 10.9. The van der Waals surface area contributed by atoms with E-state index in [9.17, 15) is 4.79 Å². The first-order valence-corrected chi connectivity index (χ1v) is 5.58. The Morgan fingerprint density at radius 3 is 2.83 bits per heavy atom. The number of nitrogens with one attached hydrogen (secondary N) is 2. The fourth-order valence-corrected chi connectivity index (χ4v) is 1.61. The summed E-state index contributed by atoms with van der Waals surface area (Å²) in [6, 6.07) is 0. The van der Waals surface area contributed by atoms with Crippen LogP contribution in [-0.4, -0.2) is 31.1 Å². The fourth-order valence-electron chi connectivity index (χ4n) is 1.39. The molecule has 0 unspecified atom stereocenters. The Bertz CT molecular complexity index is 146. The van der Waals surface area contributed by atoms with Crippen LogP contribution in [0.15, 0.2) is 0 Å². The summed E-state index contributed by atoms with van der Waals surface area (Å²) >= 11 is 1.25. The second-order valence-electron chi connectivity index (χ2n) is 3.07. The molecule has 4 heteroatoms. The largest absolute Gasteiger partial charge is 0.347 e. The summed E-state index contributed by atoms with van der Waals surface area (Å²) < 4.78 is 0. The van der Waals surface area contributed by atoms with Crippen LogP contribution in [0.3, 0.4) is 0 Å². The molecule has 0 spiro atoms. The number of rotatable bonds is 2. The summed E-state index contributed by atoms with van der Waals surface area (Å²) in [7, 11) is 0. The molecule has 1 rings (SSSR count). The SMILES string of the molecule is CSC(=O)NCC1CCNCC1. The van der Waals surface area contributed by atoms with Crippen molar-refractivity contribution in [1.82, 2.24) is 10.6 Å². The van der Waals surface area contributed by atoms with Gasteiger partial charge in [0.15, 0.2) is 0 Å². The number of hydrogen-bond acceptors (Lipinski definition) is 3. The zero-order valence-corrected chi connectivity index (χ0v) is 8.25. The number of amides is 1. The van der Waals surface area contributed by atoms with E-state index in [-0.39, 0.29) is 5.24 Å². The van der Waals surface area contributed by atoms with E-state index in [2.05, 4.69) is 10.6 Å². The molecule has 0 aromatic carbocycles. The molecule has 3 nitrogen and oxygen atoms in total. The Morgan fingerprint density at radius 2 is 2.25 bits per heavy atom. The van der Waals surface area contributed by atoms with Crippen LogP contribution in [0.1, 0.15) is 12.8 Å². The molecule has 1 saturated heterocycles. The van der Waals surface area contributed by atoms with Crippen molar-refractivity contribution in [3.05, 3.63) is 0 Å². The number of thioether (sulfide) groups is 1. The molecule has 2 N–H and O–H groups in total. The van der Waals surface area contributed by atoms with Crippen molar-refractivity contribution < 1.29 is 4.79 Å². The van der Waals surface area contributed by atoms with Crippen LogP contribution in [0, 0.1) is 5.92 Å². The lowest BCUT2D eigenvalue weighted by atomic mass is 9.98. The maximum Gasteiger partial charge on any atom is 0.278 e. The van der Waals surface area contributed by atoms with Gasteiger partial charge in [0, 0.05) is 6.54 Å². The van der Waals surface area contributed by atoms with Gasteiger partial charge in [-0.15, -0.1) is 0 Å². The first-order valence-electron chi connectivity index (χ1n) is 4.35. The van der Waals surface area contributed by atoms with Gasteiger partial charge in [-0.1, -0.05) is 11.8 Å². The number of hydrogen-bond donors (Lipinski definition) is 2. The molecule has 70 valence electrons. The molecule has 0 bridgehead atoms. The van der Waals surface area contributed by atoms with Gasteiger partial charge >= 0.3 is 0 Å². The lowest BCUT2D eigenvalue weighted by Crippen LogP contribution is -2.34. The number of carbonyl (C=O) groups is 1. The van der Waals surface area contributed by atoms with Crippen LogP contribution >= 0.6 is 11.8 Å². The first-order chi connectivity index (χ1) is 5.83. The molecule has 1 aliphatic rings. The van der Waals surface area contributed by atoms with Gasteiger partial charge in [0.05, 0.1) is 0 Å². The van der Waals surface area contributed by atoms with Gasteiger partial charge in [0.1, 0.15) is 0 Å². The van der Waals surface area contributed by atoms with Crippen molar-refractivity contribution in [1.29, 1.82) is 0 Å². The molecule has 0 aromatic heterocycles. The van der Waals surface area contributed by atoms with Gasteiger partial charge in [0.25, 0.3) is 5.24 Å². The Hall–Kier alpha value is -0.220. The molecule has 0 atom stereocenters. The molecule has 0 aliphatic carbocycles. The third-order valence-electron chi connectivity index (χ3n) is 2.18. The normalized spacial score (nSPS) is 19.1. The standard InChI is InChI=1S/C8H16N2OS/c1-12-8(11)10-6-7-2-4-9-5-3-7/h7,9H,2-6H2,1H3,(H,10,11). The predicted octanol–water partition coefficient (Wildman–Crippen LogP) is 1.06. The number of carbonyl (C=O) groups excluding carboxylic acids is 1. The Kier molecular flexibility index (Phi) is 4.46. The maximum atomic E-state index is 10.9. The Morgan fingerprint density at radius 1 is 1.58 bits per heavy atom. The zero-order chi connectivity index (χ0) is 8.81. The monoisotopic (exact) mass is 188 g/mol. The summed E-state index contributed by atoms with van der Waals surface area (Å²) in [5.74, 6) is 0.683. The highest BCUT2D eigenvalue weighted by molar-refractivity contribution is 8.12. The van der Waals surface area contributed by atoms with E-state index in [1.807, 2.05) is 0 Å². The van der Waals surface area contributed by atoms with Crippen LogP contribution in [0.5, 0.6) is 0 Å². The van der Waals surface area contributed by atoms with Crippen molar-refractivity contribution in [2.45, 2.75) is 12.8 Å². The van der Waals surface area contributed by atoms with Crippen molar-refractivity contribution in [3.8, 4) is 0 Å². The van der Waals surface area contributed by atoms with E-state index in [1.54, 1.807) is 6.26 Å². The molecule has 0 aromatic rings. The molecular weight excluding hydrogens is 172 g/mol. The lowest BCUT2D eigenvalue weighted by Gasteiger charge is -2.22. The highest BCUT2D eigenvalue weighted by atomic mass is 32.2. The van der Waals surface area contributed by atoms with Crippen LogP contribution in [0.4, 0.5) is 4.79 Å². The third kappa shape index (κ3) is 3.45. The van der Waals surface area contributed by atoms with Crippen LogP contribution in [0.2, 0.25) is 0 Å². The topological polar surface area (TPSA) is 41.1 Å². The van der Waals surface area contributed by atoms with Crippen LogP contribution < -0.4 is 10.6 Å². The highest BCUT2D eigenvalue weighted by Gasteiger charge is 2.12. The molecular formula is C8H16N2OS.